The molecule has 1 amide bonds. The van der Waals surface area contributed by atoms with Gasteiger partial charge in [-0.3, -0.25) is 4.79 Å². The van der Waals surface area contributed by atoms with Crippen LogP contribution in [0.2, 0.25) is 0 Å². The van der Waals surface area contributed by atoms with Gasteiger partial charge in [0, 0.05) is 6.54 Å². The number of aliphatic hydroxyl groups excluding tert-OH is 1. The maximum Gasteiger partial charge on any atom is 0.236 e. The molecule has 4 heteroatoms. The highest BCUT2D eigenvalue weighted by Crippen LogP contribution is 1.97. The molecule has 0 spiro atoms. The van der Waals surface area contributed by atoms with Crippen molar-refractivity contribution in [3.63, 3.8) is 0 Å². The Morgan fingerprint density at radius 1 is 1.67 bits per heavy atom. The summed E-state index contributed by atoms with van der Waals surface area (Å²) in [7, 11) is 0. The van der Waals surface area contributed by atoms with E-state index in [1.54, 1.807) is 0 Å². The summed E-state index contributed by atoms with van der Waals surface area (Å²) in [4.78, 5) is 11.1. The van der Waals surface area contributed by atoms with Crippen LogP contribution < -0.4 is 11.1 Å². The third-order valence-electron chi connectivity index (χ3n) is 1.62. The summed E-state index contributed by atoms with van der Waals surface area (Å²) in [5.41, 5.74) is 5.55. The Balaban J connectivity index is 3.47. The average Bonchev–Trinajstić information content (AvgIpc) is 2.10. The lowest BCUT2D eigenvalue weighted by Crippen LogP contribution is -2.41. The van der Waals surface area contributed by atoms with Gasteiger partial charge in [-0.15, -0.1) is 0 Å². The summed E-state index contributed by atoms with van der Waals surface area (Å²) in [6.45, 7) is 2.31. The summed E-state index contributed by atoms with van der Waals surface area (Å²) < 4.78 is 0. The number of hydrogen-bond donors (Lipinski definition) is 3. The highest BCUT2D eigenvalue weighted by Gasteiger charge is 2.10. The first-order valence-electron chi connectivity index (χ1n) is 4.36. The van der Waals surface area contributed by atoms with E-state index < -0.39 is 6.04 Å². The van der Waals surface area contributed by atoms with Gasteiger partial charge in [0.25, 0.3) is 0 Å². The molecule has 4 nitrogen and oxygen atoms in total. The molecule has 4 N–H and O–H groups in total. The predicted octanol–water partition coefficient (Wildman–Crippen LogP) is -0.388. The van der Waals surface area contributed by atoms with Crippen molar-refractivity contribution in [3.05, 3.63) is 0 Å². The average molecular weight is 174 g/mol. The highest BCUT2D eigenvalue weighted by atomic mass is 16.3. The van der Waals surface area contributed by atoms with Crippen molar-refractivity contribution in [2.75, 3.05) is 13.2 Å². The zero-order chi connectivity index (χ0) is 9.40. The highest BCUT2D eigenvalue weighted by molar-refractivity contribution is 5.81. The molecule has 0 aliphatic rings. The second-order valence-electron chi connectivity index (χ2n) is 2.76. The van der Waals surface area contributed by atoms with Crippen LogP contribution in [0.4, 0.5) is 0 Å². The zero-order valence-corrected chi connectivity index (χ0v) is 7.55. The van der Waals surface area contributed by atoms with E-state index in [0.29, 0.717) is 13.0 Å². The molecule has 0 aromatic carbocycles. The van der Waals surface area contributed by atoms with Crippen molar-refractivity contribution in [2.45, 2.75) is 32.2 Å². The summed E-state index contributed by atoms with van der Waals surface area (Å²) in [5.74, 6) is -0.169. The molecule has 1 atom stereocenters. The lowest BCUT2D eigenvalue weighted by molar-refractivity contribution is -0.122. The van der Waals surface area contributed by atoms with Crippen LogP contribution in [-0.2, 0) is 4.79 Å². The standard InChI is InChI=1S/C8H18N2O2/c1-2-3-4-7(9)8(12)10-5-6-11/h7,11H,2-6,9H2,1H3,(H,10,12)/t7-/m0/s1. The van der Waals surface area contributed by atoms with Gasteiger partial charge in [-0.25, -0.2) is 0 Å². The molecule has 72 valence electrons. The number of unbranched alkanes of at least 4 members (excludes halogenated alkanes) is 1. The van der Waals surface area contributed by atoms with Crippen LogP contribution in [0.25, 0.3) is 0 Å². The maximum atomic E-state index is 11.1. The second kappa shape index (κ2) is 7.06. The van der Waals surface area contributed by atoms with Crippen LogP contribution in [0, 0.1) is 0 Å². The first kappa shape index (κ1) is 11.4. The van der Waals surface area contributed by atoms with Gasteiger partial charge in [0.05, 0.1) is 12.6 Å². The van der Waals surface area contributed by atoms with Gasteiger partial charge in [0.15, 0.2) is 0 Å². The Morgan fingerprint density at radius 3 is 2.83 bits per heavy atom. The minimum absolute atomic E-state index is 0.0355. The third kappa shape index (κ3) is 5.09. The molecule has 0 unspecified atom stereocenters. The fourth-order valence-electron chi connectivity index (χ4n) is 0.865. The van der Waals surface area contributed by atoms with E-state index in [-0.39, 0.29) is 12.5 Å². The Morgan fingerprint density at radius 2 is 2.33 bits per heavy atom. The maximum absolute atomic E-state index is 11.1. The Kier molecular flexibility index (Phi) is 6.70. The molecule has 0 bridgehead atoms. The molecular formula is C8H18N2O2. The van der Waals surface area contributed by atoms with E-state index in [0.717, 1.165) is 12.8 Å². The molecule has 0 aromatic heterocycles. The van der Waals surface area contributed by atoms with Gasteiger partial charge in [0.1, 0.15) is 0 Å². The lowest BCUT2D eigenvalue weighted by Gasteiger charge is -2.10. The number of carbonyl (C=O) groups is 1. The van der Waals surface area contributed by atoms with Crippen LogP contribution in [0.5, 0.6) is 0 Å². The summed E-state index contributed by atoms with van der Waals surface area (Å²) in [6, 6.07) is -0.420. The Labute approximate surface area is 73.1 Å². The van der Waals surface area contributed by atoms with Gasteiger partial charge in [-0.1, -0.05) is 19.8 Å². The van der Waals surface area contributed by atoms with Crippen LogP contribution in [-0.4, -0.2) is 30.2 Å². The number of carbonyl (C=O) groups excluding carboxylic acids is 1. The molecule has 0 rings (SSSR count). The monoisotopic (exact) mass is 174 g/mol. The first-order valence-corrected chi connectivity index (χ1v) is 4.36. The van der Waals surface area contributed by atoms with Crippen LogP contribution >= 0.6 is 0 Å². The Bertz CT molecular complexity index is 128. The lowest BCUT2D eigenvalue weighted by atomic mass is 10.1. The van der Waals surface area contributed by atoms with Crippen LogP contribution in [0.15, 0.2) is 0 Å². The molecule has 0 aliphatic carbocycles. The van der Waals surface area contributed by atoms with Crippen LogP contribution in [0.3, 0.4) is 0 Å². The van der Waals surface area contributed by atoms with Crippen molar-refractivity contribution in [2.24, 2.45) is 5.73 Å². The summed E-state index contributed by atoms with van der Waals surface area (Å²) >= 11 is 0. The van der Waals surface area contributed by atoms with Crippen molar-refractivity contribution in [3.8, 4) is 0 Å². The number of nitrogens with one attached hydrogen (secondary N) is 1. The molecule has 0 fully saturated rings. The van der Waals surface area contributed by atoms with E-state index >= 15 is 0 Å². The van der Waals surface area contributed by atoms with Crippen molar-refractivity contribution < 1.29 is 9.90 Å². The fourth-order valence-corrected chi connectivity index (χ4v) is 0.865. The largest absolute Gasteiger partial charge is 0.395 e. The quantitative estimate of drug-likeness (QED) is 0.513. The number of nitrogens with two attached hydrogens (primary N) is 1. The van der Waals surface area contributed by atoms with Gasteiger partial charge in [0.2, 0.25) is 5.91 Å². The molecule has 0 saturated carbocycles. The molecule has 0 saturated heterocycles. The van der Waals surface area contributed by atoms with E-state index in [1.807, 2.05) is 0 Å². The predicted molar refractivity (Wildman–Crippen MR) is 47.6 cm³/mol. The second-order valence-corrected chi connectivity index (χ2v) is 2.76. The topological polar surface area (TPSA) is 75.4 Å². The minimum Gasteiger partial charge on any atom is -0.395 e. The van der Waals surface area contributed by atoms with Crippen molar-refractivity contribution >= 4 is 5.91 Å². The zero-order valence-electron chi connectivity index (χ0n) is 7.55. The van der Waals surface area contributed by atoms with Gasteiger partial charge in [-0.2, -0.15) is 0 Å². The SMILES string of the molecule is CCCC[C@H](N)C(=O)NCCO. The van der Waals surface area contributed by atoms with E-state index in [2.05, 4.69) is 12.2 Å². The van der Waals surface area contributed by atoms with Crippen LogP contribution in [0.1, 0.15) is 26.2 Å². The van der Waals surface area contributed by atoms with Crippen molar-refractivity contribution in [1.29, 1.82) is 0 Å². The fraction of sp³-hybridized carbons (Fsp3) is 0.875. The molecule has 0 aromatic rings. The molecule has 0 aliphatic heterocycles. The van der Waals surface area contributed by atoms with Gasteiger partial charge < -0.3 is 16.2 Å². The smallest absolute Gasteiger partial charge is 0.236 e. The molecule has 12 heavy (non-hydrogen) atoms. The number of hydrogen-bond acceptors (Lipinski definition) is 3. The van der Waals surface area contributed by atoms with Crippen molar-refractivity contribution in [1.82, 2.24) is 5.32 Å². The van der Waals surface area contributed by atoms with E-state index in [1.165, 1.54) is 0 Å². The first-order chi connectivity index (χ1) is 5.72. The van der Waals surface area contributed by atoms with Gasteiger partial charge in [-0.05, 0) is 6.42 Å². The normalized spacial score (nSPS) is 12.6. The number of amides is 1. The van der Waals surface area contributed by atoms with E-state index in [9.17, 15) is 4.79 Å². The van der Waals surface area contributed by atoms with Gasteiger partial charge >= 0.3 is 0 Å². The number of aliphatic hydroxyl groups is 1. The molecule has 0 heterocycles. The molecular weight excluding hydrogens is 156 g/mol. The summed E-state index contributed by atoms with van der Waals surface area (Å²) in [5, 5.41) is 10.9. The summed E-state index contributed by atoms with van der Waals surface area (Å²) in [6.07, 6.45) is 2.72. The minimum atomic E-state index is -0.420. The van der Waals surface area contributed by atoms with E-state index in [4.69, 9.17) is 10.8 Å². The Hall–Kier alpha value is -0.610. The third-order valence-corrected chi connectivity index (χ3v) is 1.62. The number of rotatable bonds is 6. The molecule has 0 radical (unpaired) electrons.